The topological polar surface area (TPSA) is 129 Å². The molecule has 2 aromatic heterocycles. The van der Waals surface area contributed by atoms with E-state index in [1.807, 2.05) is 0 Å². The van der Waals surface area contributed by atoms with E-state index in [2.05, 4.69) is 15.5 Å². The summed E-state index contributed by atoms with van der Waals surface area (Å²) in [5, 5.41) is 21.1. The maximum absolute atomic E-state index is 12.3. The number of hydrogen-bond donors (Lipinski definition) is 1. The smallest absolute Gasteiger partial charge is 0.340 e. The molecule has 0 radical (unpaired) electrons. The first-order chi connectivity index (χ1) is 12.9. The van der Waals surface area contributed by atoms with Crippen LogP contribution in [0, 0.1) is 17.0 Å². The molecule has 1 aromatic carbocycles. The molecule has 138 valence electrons. The zero-order valence-electron chi connectivity index (χ0n) is 14.4. The summed E-state index contributed by atoms with van der Waals surface area (Å²) in [6, 6.07) is 7.46. The Hall–Kier alpha value is -3.82. The number of nitro groups is 1. The van der Waals surface area contributed by atoms with Crippen LogP contribution in [0.3, 0.4) is 0 Å². The van der Waals surface area contributed by atoms with E-state index in [0.717, 1.165) is 0 Å². The fourth-order valence-electron chi connectivity index (χ4n) is 2.42. The Bertz CT molecular complexity index is 1050. The lowest BCUT2D eigenvalue weighted by Gasteiger charge is -2.14. The lowest BCUT2D eigenvalue weighted by atomic mass is 10.1. The minimum Gasteiger partial charge on any atom is -0.449 e. The van der Waals surface area contributed by atoms with Gasteiger partial charge >= 0.3 is 5.97 Å². The van der Waals surface area contributed by atoms with Crippen molar-refractivity contribution in [3.63, 3.8) is 0 Å². The summed E-state index contributed by atoms with van der Waals surface area (Å²) in [4.78, 5) is 35.0. The van der Waals surface area contributed by atoms with Crippen molar-refractivity contribution in [3.05, 3.63) is 64.1 Å². The van der Waals surface area contributed by atoms with Gasteiger partial charge in [0.2, 0.25) is 0 Å². The van der Waals surface area contributed by atoms with Crippen LogP contribution in [0.4, 0.5) is 11.4 Å². The van der Waals surface area contributed by atoms with Gasteiger partial charge in [0.1, 0.15) is 6.33 Å². The molecule has 27 heavy (non-hydrogen) atoms. The van der Waals surface area contributed by atoms with Crippen molar-refractivity contribution in [1.29, 1.82) is 0 Å². The number of rotatable bonds is 5. The summed E-state index contributed by atoms with van der Waals surface area (Å²) < 4.78 is 6.72. The number of amides is 1. The summed E-state index contributed by atoms with van der Waals surface area (Å²) in [5.41, 5.74) is 1.28. The van der Waals surface area contributed by atoms with Crippen LogP contribution in [0.25, 0.3) is 5.65 Å². The van der Waals surface area contributed by atoms with Crippen molar-refractivity contribution in [2.24, 2.45) is 0 Å². The fourth-order valence-corrected chi connectivity index (χ4v) is 2.42. The largest absolute Gasteiger partial charge is 0.449 e. The number of esters is 1. The Balaban J connectivity index is 1.69. The number of aromatic nitrogens is 3. The molecule has 0 spiro atoms. The normalized spacial score (nSPS) is 11.8. The number of carbonyl (C=O) groups is 2. The Morgan fingerprint density at radius 1 is 1.30 bits per heavy atom. The second kappa shape index (κ2) is 7.20. The highest BCUT2D eigenvalue weighted by Crippen LogP contribution is 2.25. The molecule has 1 atom stereocenters. The third-order valence-electron chi connectivity index (χ3n) is 3.94. The van der Waals surface area contributed by atoms with Gasteiger partial charge in [0.15, 0.2) is 11.8 Å². The van der Waals surface area contributed by atoms with Crippen molar-refractivity contribution in [2.45, 2.75) is 20.0 Å². The van der Waals surface area contributed by atoms with Crippen molar-refractivity contribution in [2.75, 3.05) is 5.32 Å². The van der Waals surface area contributed by atoms with E-state index in [1.165, 1.54) is 50.6 Å². The number of pyridine rings is 1. The Labute approximate surface area is 152 Å². The van der Waals surface area contributed by atoms with Gasteiger partial charge in [-0.25, -0.2) is 4.79 Å². The van der Waals surface area contributed by atoms with Crippen LogP contribution in [0.2, 0.25) is 0 Å². The Kier molecular flexibility index (Phi) is 4.79. The summed E-state index contributed by atoms with van der Waals surface area (Å²) in [5.74, 6) is -1.29. The average Bonchev–Trinajstić information content (AvgIpc) is 3.10. The monoisotopic (exact) mass is 369 g/mol. The van der Waals surface area contributed by atoms with Crippen molar-refractivity contribution < 1.29 is 19.2 Å². The highest BCUT2D eigenvalue weighted by Gasteiger charge is 2.21. The summed E-state index contributed by atoms with van der Waals surface area (Å²) in [6.45, 7) is 2.94. The van der Waals surface area contributed by atoms with E-state index < -0.39 is 22.9 Å². The van der Waals surface area contributed by atoms with E-state index >= 15 is 0 Å². The number of benzene rings is 1. The minimum absolute atomic E-state index is 0.111. The van der Waals surface area contributed by atoms with Crippen LogP contribution < -0.4 is 5.32 Å². The van der Waals surface area contributed by atoms with Crippen LogP contribution in [0.1, 0.15) is 22.8 Å². The molecule has 0 aliphatic rings. The van der Waals surface area contributed by atoms with E-state index in [1.54, 1.807) is 10.5 Å². The van der Waals surface area contributed by atoms with Crippen LogP contribution in [-0.4, -0.2) is 37.5 Å². The molecule has 0 fully saturated rings. The van der Waals surface area contributed by atoms with Gasteiger partial charge in [0, 0.05) is 12.3 Å². The number of carbonyl (C=O) groups excluding carboxylic acids is 2. The molecule has 3 aromatic rings. The van der Waals surface area contributed by atoms with E-state index in [4.69, 9.17) is 4.74 Å². The molecule has 0 aliphatic heterocycles. The Morgan fingerprint density at radius 3 is 2.81 bits per heavy atom. The molecule has 0 saturated heterocycles. The average molecular weight is 369 g/mol. The summed E-state index contributed by atoms with van der Waals surface area (Å²) >= 11 is 0. The maximum Gasteiger partial charge on any atom is 0.340 e. The molecule has 3 rings (SSSR count). The molecule has 10 heteroatoms. The molecule has 1 N–H and O–H groups in total. The summed E-state index contributed by atoms with van der Waals surface area (Å²) in [6.07, 6.45) is 1.83. The van der Waals surface area contributed by atoms with Crippen LogP contribution >= 0.6 is 0 Å². The van der Waals surface area contributed by atoms with Crippen LogP contribution in [0.5, 0.6) is 0 Å². The molecule has 10 nitrogen and oxygen atoms in total. The molecule has 0 saturated carbocycles. The predicted molar refractivity (Wildman–Crippen MR) is 94.3 cm³/mol. The second-order valence-corrected chi connectivity index (χ2v) is 5.76. The number of nitrogens with one attached hydrogen (secondary N) is 1. The van der Waals surface area contributed by atoms with Crippen LogP contribution in [0.15, 0.2) is 42.9 Å². The number of hydrogen-bond acceptors (Lipinski definition) is 7. The first-order valence-corrected chi connectivity index (χ1v) is 7.92. The molecular formula is C17H15N5O5. The standard InChI is InChI=1S/C17H15N5O5/c1-10-13(4-3-5-14(10)22(25)26)19-16(23)11(2)27-17(24)12-6-7-15-20-18-9-21(15)8-12/h3-9,11H,1-2H3,(H,19,23). The third kappa shape index (κ3) is 3.73. The van der Waals surface area contributed by atoms with Crippen molar-refractivity contribution >= 4 is 28.9 Å². The van der Waals surface area contributed by atoms with E-state index in [-0.39, 0.29) is 16.9 Å². The number of fused-ring (bicyclic) bond motifs is 1. The third-order valence-corrected chi connectivity index (χ3v) is 3.94. The van der Waals surface area contributed by atoms with Crippen molar-refractivity contribution in [3.8, 4) is 0 Å². The quantitative estimate of drug-likeness (QED) is 0.414. The highest BCUT2D eigenvalue weighted by molar-refractivity contribution is 5.98. The molecule has 2 heterocycles. The molecule has 0 aliphatic carbocycles. The molecular weight excluding hydrogens is 354 g/mol. The van der Waals surface area contributed by atoms with Gasteiger partial charge in [-0.15, -0.1) is 10.2 Å². The second-order valence-electron chi connectivity index (χ2n) is 5.76. The molecule has 1 unspecified atom stereocenters. The SMILES string of the molecule is Cc1c(NC(=O)C(C)OC(=O)c2ccc3nncn3c2)cccc1[N+](=O)[O-]. The van der Waals surface area contributed by atoms with Gasteiger partial charge in [0.25, 0.3) is 11.6 Å². The first-order valence-electron chi connectivity index (χ1n) is 7.92. The highest BCUT2D eigenvalue weighted by atomic mass is 16.6. The van der Waals surface area contributed by atoms with Crippen molar-refractivity contribution in [1.82, 2.24) is 14.6 Å². The minimum atomic E-state index is -1.10. The lowest BCUT2D eigenvalue weighted by Crippen LogP contribution is -2.30. The van der Waals surface area contributed by atoms with Crippen LogP contribution in [-0.2, 0) is 9.53 Å². The van der Waals surface area contributed by atoms with Gasteiger partial charge in [-0.2, -0.15) is 0 Å². The zero-order chi connectivity index (χ0) is 19.6. The Morgan fingerprint density at radius 2 is 2.07 bits per heavy atom. The van der Waals surface area contributed by atoms with Gasteiger partial charge < -0.3 is 10.1 Å². The van der Waals surface area contributed by atoms with Gasteiger partial charge in [-0.3, -0.25) is 19.3 Å². The molecule has 0 bridgehead atoms. The number of nitro benzene ring substituents is 1. The maximum atomic E-state index is 12.3. The lowest BCUT2D eigenvalue weighted by molar-refractivity contribution is -0.385. The van der Waals surface area contributed by atoms with Gasteiger partial charge in [-0.05, 0) is 32.0 Å². The fraction of sp³-hybridized carbons (Fsp3) is 0.176. The predicted octanol–water partition coefficient (Wildman–Crippen LogP) is 2.13. The number of anilines is 1. The number of nitrogens with zero attached hydrogens (tertiary/aromatic N) is 4. The van der Waals surface area contributed by atoms with Gasteiger partial charge in [-0.1, -0.05) is 6.07 Å². The summed E-state index contributed by atoms with van der Waals surface area (Å²) in [7, 11) is 0. The first kappa shape index (κ1) is 18.0. The molecule has 1 amide bonds. The van der Waals surface area contributed by atoms with Gasteiger partial charge in [0.05, 0.1) is 21.7 Å². The van der Waals surface area contributed by atoms with E-state index in [9.17, 15) is 19.7 Å². The van der Waals surface area contributed by atoms with E-state index in [0.29, 0.717) is 11.2 Å². The number of ether oxygens (including phenoxy) is 1. The zero-order valence-corrected chi connectivity index (χ0v) is 14.4.